The molecule has 1 amide bonds. The van der Waals surface area contributed by atoms with Gasteiger partial charge in [0.05, 0.1) is 24.8 Å². The highest BCUT2D eigenvalue weighted by Gasteiger charge is 2.43. The van der Waals surface area contributed by atoms with Gasteiger partial charge in [0.2, 0.25) is 0 Å². The molecule has 2 saturated heterocycles. The number of hydrogen-bond donors (Lipinski definition) is 0. The van der Waals surface area contributed by atoms with Gasteiger partial charge in [-0.1, -0.05) is 11.6 Å². The maximum absolute atomic E-state index is 13.9. The molecule has 0 spiro atoms. The largest absolute Gasteiger partial charge is 0.378 e. The standard InChI is InChI=1S/C17H20ClFN2O2/c18-12-3-4-15(19)14(7-12)17(22)20-5-6-21-13(8-20)9-23-10-16(21)11-1-2-11/h3-4,7,11,13,16H,1-2,5-6,8-10H2/t13-,16-/m1/s1. The van der Waals surface area contributed by atoms with Crippen LogP contribution in [0.25, 0.3) is 0 Å². The lowest BCUT2D eigenvalue weighted by molar-refractivity contribution is -0.0816. The minimum absolute atomic E-state index is 0.0569. The van der Waals surface area contributed by atoms with Crippen LogP contribution in [0, 0.1) is 11.7 Å². The molecule has 0 unspecified atom stereocenters. The summed E-state index contributed by atoms with van der Waals surface area (Å²) in [6.07, 6.45) is 2.57. The SMILES string of the molecule is O=C(c1cc(Cl)ccc1F)N1CCN2[C@@H](COC[C@@H]2C2CC2)C1. The summed E-state index contributed by atoms with van der Waals surface area (Å²) in [6.45, 7) is 3.50. The molecule has 2 atom stereocenters. The Labute approximate surface area is 140 Å². The topological polar surface area (TPSA) is 32.8 Å². The fourth-order valence-electron chi connectivity index (χ4n) is 3.78. The lowest BCUT2D eigenvalue weighted by Gasteiger charge is -2.48. The lowest BCUT2D eigenvalue weighted by atomic mass is 10.0. The average Bonchev–Trinajstić information content (AvgIpc) is 3.40. The molecule has 2 heterocycles. The molecule has 1 aromatic rings. The van der Waals surface area contributed by atoms with Crippen LogP contribution in [0.15, 0.2) is 18.2 Å². The minimum atomic E-state index is -0.516. The molecule has 4 rings (SSSR count). The first-order chi connectivity index (χ1) is 11.1. The molecule has 124 valence electrons. The number of piperazine rings is 1. The summed E-state index contributed by atoms with van der Waals surface area (Å²) in [7, 11) is 0. The first kappa shape index (κ1) is 15.4. The number of rotatable bonds is 2. The zero-order valence-electron chi connectivity index (χ0n) is 12.9. The Bertz CT molecular complexity index is 623. The third-order valence-electron chi connectivity index (χ3n) is 5.17. The van der Waals surface area contributed by atoms with Gasteiger partial charge in [-0.2, -0.15) is 0 Å². The summed E-state index contributed by atoms with van der Waals surface area (Å²) in [6, 6.07) is 4.83. The van der Waals surface area contributed by atoms with Crippen LogP contribution < -0.4 is 0 Å². The monoisotopic (exact) mass is 338 g/mol. The van der Waals surface area contributed by atoms with Crippen molar-refractivity contribution in [3.63, 3.8) is 0 Å². The Hall–Kier alpha value is -1.17. The zero-order chi connectivity index (χ0) is 16.0. The number of carbonyl (C=O) groups excluding carboxylic acids is 1. The second kappa shape index (κ2) is 6.04. The number of benzene rings is 1. The maximum atomic E-state index is 13.9. The number of hydrogen-bond acceptors (Lipinski definition) is 3. The van der Waals surface area contributed by atoms with E-state index in [4.69, 9.17) is 16.3 Å². The van der Waals surface area contributed by atoms with Gasteiger partial charge in [-0.3, -0.25) is 9.69 Å². The third kappa shape index (κ3) is 2.97. The van der Waals surface area contributed by atoms with E-state index in [0.717, 1.165) is 19.1 Å². The van der Waals surface area contributed by atoms with E-state index >= 15 is 0 Å². The molecule has 1 aliphatic carbocycles. The van der Waals surface area contributed by atoms with E-state index in [1.807, 2.05) is 0 Å². The van der Waals surface area contributed by atoms with Crippen molar-refractivity contribution in [1.82, 2.24) is 9.80 Å². The van der Waals surface area contributed by atoms with E-state index in [2.05, 4.69) is 4.90 Å². The van der Waals surface area contributed by atoms with Crippen molar-refractivity contribution < 1.29 is 13.9 Å². The van der Waals surface area contributed by atoms with Gasteiger partial charge < -0.3 is 9.64 Å². The highest BCUT2D eigenvalue weighted by atomic mass is 35.5. The zero-order valence-corrected chi connectivity index (χ0v) is 13.6. The molecular weight excluding hydrogens is 319 g/mol. The van der Waals surface area contributed by atoms with Crippen LogP contribution in [0.4, 0.5) is 4.39 Å². The molecular formula is C17H20ClFN2O2. The van der Waals surface area contributed by atoms with Gasteiger partial charge in [-0.05, 0) is 37.0 Å². The van der Waals surface area contributed by atoms with Crippen molar-refractivity contribution in [3.8, 4) is 0 Å². The average molecular weight is 339 g/mol. The second-order valence-electron chi connectivity index (χ2n) is 6.71. The van der Waals surface area contributed by atoms with Crippen LogP contribution in [0.5, 0.6) is 0 Å². The Balaban J connectivity index is 1.49. The van der Waals surface area contributed by atoms with Gasteiger partial charge in [0.1, 0.15) is 5.82 Å². The van der Waals surface area contributed by atoms with Crippen LogP contribution >= 0.6 is 11.6 Å². The molecule has 0 radical (unpaired) electrons. The predicted molar refractivity (Wildman–Crippen MR) is 85.1 cm³/mol. The summed E-state index contributed by atoms with van der Waals surface area (Å²) < 4.78 is 19.7. The van der Waals surface area contributed by atoms with E-state index in [1.165, 1.54) is 31.0 Å². The molecule has 2 aliphatic heterocycles. The van der Waals surface area contributed by atoms with Crippen molar-refractivity contribution in [1.29, 1.82) is 0 Å². The summed E-state index contributed by atoms with van der Waals surface area (Å²) >= 11 is 5.91. The summed E-state index contributed by atoms with van der Waals surface area (Å²) in [5.41, 5.74) is 0.0569. The number of ether oxygens (including phenoxy) is 1. The van der Waals surface area contributed by atoms with Crippen molar-refractivity contribution in [2.45, 2.75) is 24.9 Å². The Morgan fingerprint density at radius 3 is 2.87 bits per heavy atom. The van der Waals surface area contributed by atoms with E-state index in [1.54, 1.807) is 4.90 Å². The van der Waals surface area contributed by atoms with Crippen LogP contribution in [0.1, 0.15) is 23.2 Å². The molecule has 3 fully saturated rings. The molecule has 23 heavy (non-hydrogen) atoms. The Kier molecular flexibility index (Phi) is 4.03. The number of nitrogens with zero attached hydrogens (tertiary/aromatic N) is 2. The third-order valence-corrected chi connectivity index (χ3v) is 5.40. The first-order valence-corrected chi connectivity index (χ1v) is 8.59. The maximum Gasteiger partial charge on any atom is 0.256 e. The van der Waals surface area contributed by atoms with Gasteiger partial charge in [0.15, 0.2) is 0 Å². The molecule has 1 saturated carbocycles. The van der Waals surface area contributed by atoms with Crippen molar-refractivity contribution in [3.05, 3.63) is 34.6 Å². The first-order valence-electron chi connectivity index (χ1n) is 8.21. The predicted octanol–water partition coefficient (Wildman–Crippen LogP) is 2.41. The van der Waals surface area contributed by atoms with E-state index < -0.39 is 5.82 Å². The highest BCUT2D eigenvalue weighted by Crippen LogP contribution is 2.38. The number of halogens is 2. The fourth-order valence-corrected chi connectivity index (χ4v) is 3.95. The normalized spacial score (nSPS) is 28.5. The van der Waals surface area contributed by atoms with Crippen molar-refractivity contribution in [2.75, 3.05) is 32.8 Å². The number of fused-ring (bicyclic) bond motifs is 1. The summed E-state index contributed by atoms with van der Waals surface area (Å²) in [4.78, 5) is 16.9. The molecule has 1 aromatic carbocycles. The second-order valence-corrected chi connectivity index (χ2v) is 7.15. The molecule has 0 N–H and O–H groups in total. The van der Waals surface area contributed by atoms with E-state index in [9.17, 15) is 9.18 Å². The molecule has 0 aromatic heterocycles. The van der Waals surface area contributed by atoms with Gasteiger partial charge in [-0.25, -0.2) is 4.39 Å². The number of carbonyl (C=O) groups is 1. The fraction of sp³-hybridized carbons (Fsp3) is 0.588. The van der Waals surface area contributed by atoms with Gasteiger partial charge >= 0.3 is 0 Å². The van der Waals surface area contributed by atoms with Crippen LogP contribution in [-0.4, -0.2) is 60.6 Å². The molecule has 4 nitrogen and oxygen atoms in total. The van der Waals surface area contributed by atoms with Gasteiger partial charge in [0.25, 0.3) is 5.91 Å². The summed E-state index contributed by atoms with van der Waals surface area (Å²) in [5.74, 6) is -0.0406. The Morgan fingerprint density at radius 1 is 1.26 bits per heavy atom. The van der Waals surface area contributed by atoms with Gasteiger partial charge in [-0.15, -0.1) is 0 Å². The smallest absolute Gasteiger partial charge is 0.256 e. The highest BCUT2D eigenvalue weighted by molar-refractivity contribution is 6.31. The molecule has 6 heteroatoms. The van der Waals surface area contributed by atoms with E-state index in [-0.39, 0.29) is 17.5 Å². The summed E-state index contributed by atoms with van der Waals surface area (Å²) in [5, 5.41) is 0.378. The number of amides is 1. The molecule has 3 aliphatic rings. The van der Waals surface area contributed by atoms with E-state index in [0.29, 0.717) is 30.8 Å². The van der Waals surface area contributed by atoms with Crippen molar-refractivity contribution >= 4 is 17.5 Å². The van der Waals surface area contributed by atoms with Crippen molar-refractivity contribution in [2.24, 2.45) is 5.92 Å². The quantitative estimate of drug-likeness (QED) is 0.830. The van der Waals surface area contributed by atoms with Crippen LogP contribution in [-0.2, 0) is 4.74 Å². The lowest BCUT2D eigenvalue weighted by Crippen LogP contribution is -2.63. The van der Waals surface area contributed by atoms with Crippen LogP contribution in [0.3, 0.4) is 0 Å². The number of morpholine rings is 1. The van der Waals surface area contributed by atoms with Crippen LogP contribution in [0.2, 0.25) is 5.02 Å². The molecule has 0 bridgehead atoms. The minimum Gasteiger partial charge on any atom is -0.378 e. The van der Waals surface area contributed by atoms with Gasteiger partial charge in [0, 0.05) is 30.7 Å². The Morgan fingerprint density at radius 2 is 2.09 bits per heavy atom.